The van der Waals surface area contributed by atoms with Crippen LogP contribution in [0, 0.1) is 5.92 Å². The van der Waals surface area contributed by atoms with Crippen molar-refractivity contribution >= 4 is 23.4 Å². The van der Waals surface area contributed by atoms with Gasteiger partial charge in [0.1, 0.15) is 0 Å². The third-order valence-electron chi connectivity index (χ3n) is 3.48. The van der Waals surface area contributed by atoms with E-state index in [1.165, 1.54) is 4.90 Å². The second kappa shape index (κ2) is 6.20. The van der Waals surface area contributed by atoms with Crippen LogP contribution >= 0.6 is 11.6 Å². The fraction of sp³-hybridized carbons (Fsp3) is 0.467. The maximum Gasteiger partial charge on any atom is 0.260 e. The average Bonchev–Trinajstić information content (AvgIpc) is 2.79. The molecule has 1 atom stereocenters. The number of hydrogen-bond acceptors (Lipinski definition) is 2. The zero-order valence-corrected chi connectivity index (χ0v) is 11.8. The summed E-state index contributed by atoms with van der Waals surface area (Å²) in [6.07, 6.45) is 2.54. The summed E-state index contributed by atoms with van der Waals surface area (Å²) in [7, 11) is 0. The highest BCUT2D eigenvalue weighted by molar-refractivity contribution is 6.17. The highest BCUT2D eigenvalue weighted by Gasteiger charge is 2.33. The maximum atomic E-state index is 12.3. The summed E-state index contributed by atoms with van der Waals surface area (Å²) in [6, 6.07) is 7.17. The highest BCUT2D eigenvalue weighted by Crippen LogP contribution is 2.24. The molecule has 3 nitrogen and oxygen atoms in total. The molecule has 1 saturated heterocycles. The minimum absolute atomic E-state index is 0.0558. The van der Waals surface area contributed by atoms with E-state index in [1.807, 2.05) is 6.07 Å². The molecule has 1 unspecified atom stereocenters. The van der Waals surface area contributed by atoms with Gasteiger partial charge in [-0.05, 0) is 30.0 Å². The molecule has 4 heteroatoms. The lowest BCUT2D eigenvalue weighted by Crippen LogP contribution is -2.32. The van der Waals surface area contributed by atoms with Crippen LogP contribution in [0.4, 0.5) is 0 Å². The van der Waals surface area contributed by atoms with Crippen molar-refractivity contribution in [1.82, 2.24) is 4.90 Å². The van der Waals surface area contributed by atoms with E-state index >= 15 is 0 Å². The van der Waals surface area contributed by atoms with E-state index in [9.17, 15) is 9.59 Å². The number of benzene rings is 1. The first-order valence-electron chi connectivity index (χ1n) is 6.65. The summed E-state index contributed by atoms with van der Waals surface area (Å²) >= 11 is 5.76. The normalized spacial score (nSPS) is 18.9. The summed E-state index contributed by atoms with van der Waals surface area (Å²) in [5.74, 6) is 0.431. The Balaban J connectivity index is 2.13. The third-order valence-corrected chi connectivity index (χ3v) is 3.78. The van der Waals surface area contributed by atoms with Crippen LogP contribution in [0.5, 0.6) is 0 Å². The summed E-state index contributed by atoms with van der Waals surface area (Å²) in [5.41, 5.74) is 1.44. The number of rotatable bonds is 4. The van der Waals surface area contributed by atoms with Gasteiger partial charge in [0.2, 0.25) is 5.91 Å². The van der Waals surface area contributed by atoms with Gasteiger partial charge in [0.15, 0.2) is 0 Å². The van der Waals surface area contributed by atoms with Crippen molar-refractivity contribution in [3.63, 3.8) is 0 Å². The Labute approximate surface area is 118 Å². The van der Waals surface area contributed by atoms with Crippen LogP contribution in [0.15, 0.2) is 24.3 Å². The number of amides is 2. The Morgan fingerprint density at radius 2 is 2.26 bits per heavy atom. The SMILES string of the molecule is CCCC1CC(=O)N(C(=O)c2cccc(CCl)c2)C1. The topological polar surface area (TPSA) is 37.4 Å². The lowest BCUT2D eigenvalue weighted by Gasteiger charge is -2.15. The number of carbonyl (C=O) groups excluding carboxylic acids is 2. The minimum atomic E-state index is -0.199. The van der Waals surface area contributed by atoms with Crippen molar-refractivity contribution in [2.24, 2.45) is 5.92 Å². The van der Waals surface area contributed by atoms with Crippen LogP contribution in [0.2, 0.25) is 0 Å². The molecule has 0 N–H and O–H groups in total. The number of imide groups is 1. The number of alkyl halides is 1. The number of halogens is 1. The Hall–Kier alpha value is -1.35. The maximum absolute atomic E-state index is 12.3. The molecule has 0 bridgehead atoms. The molecule has 1 aliphatic heterocycles. The lowest BCUT2D eigenvalue weighted by molar-refractivity contribution is -0.125. The Kier molecular flexibility index (Phi) is 4.59. The van der Waals surface area contributed by atoms with Crippen LogP contribution in [-0.4, -0.2) is 23.3 Å². The standard InChI is InChI=1S/C15H18ClNO2/c1-2-4-12-8-14(18)17(10-12)15(19)13-6-3-5-11(7-13)9-16/h3,5-7,12H,2,4,8-10H2,1H3. The van der Waals surface area contributed by atoms with Gasteiger partial charge in [0.05, 0.1) is 0 Å². The number of nitrogens with zero attached hydrogens (tertiary/aromatic N) is 1. The van der Waals surface area contributed by atoms with Gasteiger partial charge in [0.25, 0.3) is 5.91 Å². The van der Waals surface area contributed by atoms with Crippen molar-refractivity contribution in [1.29, 1.82) is 0 Å². The predicted molar refractivity (Wildman–Crippen MR) is 75.1 cm³/mol. The summed E-state index contributed by atoms with van der Waals surface area (Å²) in [6.45, 7) is 2.65. The Morgan fingerprint density at radius 3 is 2.95 bits per heavy atom. The van der Waals surface area contributed by atoms with Gasteiger partial charge >= 0.3 is 0 Å². The molecule has 1 aliphatic rings. The second-order valence-corrected chi connectivity index (χ2v) is 5.27. The molecule has 0 aromatic heterocycles. The lowest BCUT2D eigenvalue weighted by atomic mass is 10.0. The van der Waals surface area contributed by atoms with Crippen molar-refractivity contribution in [2.45, 2.75) is 32.1 Å². The quantitative estimate of drug-likeness (QED) is 0.627. The van der Waals surface area contributed by atoms with Crippen molar-refractivity contribution in [2.75, 3.05) is 6.54 Å². The van der Waals surface area contributed by atoms with Gasteiger partial charge in [-0.1, -0.05) is 25.5 Å². The molecule has 0 radical (unpaired) electrons. The van der Waals surface area contributed by atoms with Gasteiger partial charge in [-0.3, -0.25) is 14.5 Å². The summed E-state index contributed by atoms with van der Waals surface area (Å²) < 4.78 is 0. The van der Waals surface area contributed by atoms with Crippen LogP contribution in [0.1, 0.15) is 42.1 Å². The summed E-state index contributed by atoms with van der Waals surface area (Å²) in [4.78, 5) is 25.6. The van der Waals surface area contributed by atoms with Crippen LogP contribution in [0.25, 0.3) is 0 Å². The van der Waals surface area contributed by atoms with Crippen LogP contribution < -0.4 is 0 Å². The second-order valence-electron chi connectivity index (χ2n) is 5.00. The van der Waals surface area contributed by atoms with Gasteiger partial charge < -0.3 is 0 Å². The molecule has 1 aromatic carbocycles. The van der Waals surface area contributed by atoms with Gasteiger partial charge in [0, 0.05) is 24.4 Å². The van der Waals surface area contributed by atoms with E-state index in [0.29, 0.717) is 30.3 Å². The van der Waals surface area contributed by atoms with E-state index in [0.717, 1.165) is 18.4 Å². The molecule has 0 aliphatic carbocycles. The highest BCUT2D eigenvalue weighted by atomic mass is 35.5. The van der Waals surface area contributed by atoms with Crippen molar-refractivity contribution in [3.8, 4) is 0 Å². The molecule has 1 heterocycles. The first kappa shape index (κ1) is 14.1. The van der Waals surface area contributed by atoms with Gasteiger partial charge in [-0.15, -0.1) is 11.6 Å². The molecule has 1 fully saturated rings. The van der Waals surface area contributed by atoms with E-state index in [4.69, 9.17) is 11.6 Å². The molecule has 0 spiro atoms. The van der Waals surface area contributed by atoms with Crippen molar-refractivity contribution < 1.29 is 9.59 Å². The molecule has 2 rings (SSSR count). The van der Waals surface area contributed by atoms with Crippen LogP contribution in [-0.2, 0) is 10.7 Å². The zero-order valence-electron chi connectivity index (χ0n) is 11.1. The molecule has 19 heavy (non-hydrogen) atoms. The Morgan fingerprint density at radius 1 is 1.47 bits per heavy atom. The van der Waals surface area contributed by atoms with E-state index in [1.54, 1.807) is 18.2 Å². The fourth-order valence-electron chi connectivity index (χ4n) is 2.52. The molecule has 2 amide bonds. The van der Waals surface area contributed by atoms with E-state index in [2.05, 4.69) is 6.92 Å². The molecular formula is C15H18ClNO2. The number of likely N-dealkylation sites (tertiary alicyclic amines) is 1. The first-order valence-corrected chi connectivity index (χ1v) is 7.18. The van der Waals surface area contributed by atoms with Crippen LogP contribution in [0.3, 0.4) is 0 Å². The smallest absolute Gasteiger partial charge is 0.260 e. The number of hydrogen-bond donors (Lipinski definition) is 0. The predicted octanol–water partition coefficient (Wildman–Crippen LogP) is 3.21. The Bertz CT molecular complexity index is 487. The molecule has 102 valence electrons. The average molecular weight is 280 g/mol. The number of carbonyl (C=O) groups is 2. The summed E-state index contributed by atoms with van der Waals surface area (Å²) in [5, 5.41) is 0. The van der Waals surface area contributed by atoms with E-state index < -0.39 is 0 Å². The van der Waals surface area contributed by atoms with Crippen molar-refractivity contribution in [3.05, 3.63) is 35.4 Å². The zero-order chi connectivity index (χ0) is 13.8. The largest absolute Gasteiger partial charge is 0.278 e. The molecular weight excluding hydrogens is 262 g/mol. The minimum Gasteiger partial charge on any atom is -0.278 e. The third kappa shape index (κ3) is 3.16. The molecule has 1 aromatic rings. The van der Waals surface area contributed by atoms with Gasteiger partial charge in [-0.2, -0.15) is 0 Å². The monoisotopic (exact) mass is 279 g/mol. The van der Waals surface area contributed by atoms with E-state index in [-0.39, 0.29) is 11.8 Å². The first-order chi connectivity index (χ1) is 9.15. The fourth-order valence-corrected chi connectivity index (χ4v) is 2.69. The van der Waals surface area contributed by atoms with Gasteiger partial charge in [-0.25, -0.2) is 0 Å². The molecule has 0 saturated carbocycles.